The molecule has 0 radical (unpaired) electrons. The van der Waals surface area contributed by atoms with Crippen LogP contribution in [0.5, 0.6) is 0 Å². The summed E-state index contributed by atoms with van der Waals surface area (Å²) in [4.78, 5) is 0. The number of unbranched alkanes of at least 4 members (excludes halogenated alkanes) is 4. The van der Waals surface area contributed by atoms with Crippen LogP contribution < -0.4 is 5.32 Å². The van der Waals surface area contributed by atoms with Crippen LogP contribution in [-0.4, -0.2) is 13.1 Å². The van der Waals surface area contributed by atoms with Gasteiger partial charge in [0.1, 0.15) is 0 Å². The smallest absolute Gasteiger partial charge is 0.00205 e. The fourth-order valence-electron chi connectivity index (χ4n) is 4.72. The van der Waals surface area contributed by atoms with Crippen LogP contribution in [0.25, 0.3) is 0 Å². The average Bonchev–Trinajstić information content (AvgIpc) is 2.85. The van der Waals surface area contributed by atoms with Gasteiger partial charge in [-0.1, -0.05) is 137 Å². The Morgan fingerprint density at radius 3 is 1.78 bits per heavy atom. The molecule has 2 aliphatic rings. The second-order valence-corrected chi connectivity index (χ2v) is 9.63. The molecule has 0 aromatic carbocycles. The Morgan fingerprint density at radius 1 is 0.562 bits per heavy atom. The molecule has 1 fully saturated rings. The first kappa shape index (κ1) is 26.7. The minimum atomic E-state index is 0.927. The molecule has 0 aromatic heterocycles. The summed E-state index contributed by atoms with van der Waals surface area (Å²) in [5, 5.41) is 3.79. The quantitative estimate of drug-likeness (QED) is 0.337. The van der Waals surface area contributed by atoms with Gasteiger partial charge in [0, 0.05) is 0 Å². The van der Waals surface area contributed by atoms with Crippen LogP contribution >= 0.6 is 0 Å². The molecule has 0 heterocycles. The Kier molecular flexibility index (Phi) is 16.7. The van der Waals surface area contributed by atoms with Crippen LogP contribution in [0.1, 0.15) is 103 Å². The average molecular weight is 436 g/mol. The zero-order valence-corrected chi connectivity index (χ0v) is 20.7. The van der Waals surface area contributed by atoms with E-state index in [9.17, 15) is 0 Å². The lowest BCUT2D eigenvalue weighted by Gasteiger charge is -2.17. The van der Waals surface area contributed by atoms with Crippen molar-refractivity contribution in [3.05, 3.63) is 72.4 Å². The van der Waals surface area contributed by atoms with Crippen molar-refractivity contribution in [2.75, 3.05) is 13.1 Å². The fourth-order valence-corrected chi connectivity index (χ4v) is 4.72. The second-order valence-electron chi connectivity index (χ2n) is 9.63. The van der Waals surface area contributed by atoms with Gasteiger partial charge in [-0.25, -0.2) is 0 Å². The van der Waals surface area contributed by atoms with Crippen molar-refractivity contribution in [1.82, 2.24) is 5.32 Å². The van der Waals surface area contributed by atoms with Crippen LogP contribution in [0.2, 0.25) is 0 Å². The minimum absolute atomic E-state index is 0.927. The van der Waals surface area contributed by atoms with E-state index >= 15 is 0 Å². The maximum atomic E-state index is 3.79. The number of hydrogen-bond acceptors (Lipinski definition) is 1. The van der Waals surface area contributed by atoms with Crippen molar-refractivity contribution in [1.29, 1.82) is 0 Å². The number of nitrogens with one attached hydrogen (secondary N) is 1. The van der Waals surface area contributed by atoms with Gasteiger partial charge in [0.05, 0.1) is 0 Å². The zero-order valence-electron chi connectivity index (χ0n) is 20.7. The van der Waals surface area contributed by atoms with Crippen molar-refractivity contribution in [3.63, 3.8) is 0 Å². The maximum absolute atomic E-state index is 3.79. The molecule has 178 valence electrons. The van der Waals surface area contributed by atoms with Gasteiger partial charge in [0.2, 0.25) is 0 Å². The molecule has 2 rings (SSSR count). The van der Waals surface area contributed by atoms with E-state index in [1.54, 1.807) is 0 Å². The number of allylic oxidation sites excluding steroid dienone is 12. The Balaban J connectivity index is 1.51. The molecule has 0 atom stereocenters. The molecule has 0 bridgehead atoms. The van der Waals surface area contributed by atoms with Gasteiger partial charge in [-0.15, -0.1) is 0 Å². The second kappa shape index (κ2) is 20.0. The molecule has 1 saturated carbocycles. The molecule has 1 heteroatoms. The molecule has 2 aliphatic carbocycles. The molecule has 1 N–H and O–H groups in total. The van der Waals surface area contributed by atoms with E-state index in [0.29, 0.717) is 0 Å². The van der Waals surface area contributed by atoms with Crippen molar-refractivity contribution in [2.24, 2.45) is 5.92 Å². The van der Waals surface area contributed by atoms with Gasteiger partial charge < -0.3 is 5.32 Å². The molecule has 0 amide bonds. The monoisotopic (exact) mass is 435 g/mol. The molecule has 0 saturated heterocycles. The lowest BCUT2D eigenvalue weighted by Crippen LogP contribution is -2.24. The fraction of sp³-hybridized carbons (Fsp3) is 0.613. The van der Waals surface area contributed by atoms with E-state index in [1.807, 2.05) is 0 Å². The van der Waals surface area contributed by atoms with E-state index in [-0.39, 0.29) is 0 Å². The van der Waals surface area contributed by atoms with Gasteiger partial charge in [0.15, 0.2) is 0 Å². The molecule has 0 spiro atoms. The lowest BCUT2D eigenvalue weighted by molar-refractivity contribution is 0.387. The highest BCUT2D eigenvalue weighted by Crippen LogP contribution is 2.21. The van der Waals surface area contributed by atoms with Crippen LogP contribution in [0.4, 0.5) is 0 Å². The number of hydrogen-bond donors (Lipinski definition) is 1. The largest absolute Gasteiger partial charge is 0.316 e. The summed E-state index contributed by atoms with van der Waals surface area (Å²) in [6.45, 7) is 2.47. The summed E-state index contributed by atoms with van der Waals surface area (Å²) < 4.78 is 0. The summed E-state index contributed by atoms with van der Waals surface area (Å²) in [6, 6.07) is 0. The maximum Gasteiger partial charge on any atom is -0.00205 e. The molecular weight excluding hydrogens is 386 g/mol. The van der Waals surface area contributed by atoms with Crippen LogP contribution in [0.3, 0.4) is 0 Å². The molecule has 1 nitrogen and oxygen atoms in total. The molecule has 32 heavy (non-hydrogen) atoms. The highest BCUT2D eigenvalue weighted by atomic mass is 14.8. The Hall–Kier alpha value is -1.60. The van der Waals surface area contributed by atoms with E-state index in [2.05, 4.69) is 72.2 Å². The van der Waals surface area contributed by atoms with Crippen molar-refractivity contribution < 1.29 is 0 Å². The molecule has 0 aliphatic heterocycles. The van der Waals surface area contributed by atoms with Crippen molar-refractivity contribution >= 4 is 0 Å². The van der Waals surface area contributed by atoms with Gasteiger partial charge in [0.25, 0.3) is 0 Å². The predicted octanol–water partition coefficient (Wildman–Crippen LogP) is 9.17. The van der Waals surface area contributed by atoms with Gasteiger partial charge >= 0.3 is 0 Å². The van der Waals surface area contributed by atoms with Gasteiger partial charge in [-0.05, 0) is 56.7 Å². The third-order valence-corrected chi connectivity index (χ3v) is 6.74. The van der Waals surface area contributed by atoms with Crippen molar-refractivity contribution in [2.45, 2.75) is 103 Å². The summed E-state index contributed by atoms with van der Waals surface area (Å²) in [7, 11) is 0. The summed E-state index contributed by atoms with van der Waals surface area (Å²) in [6.07, 6.45) is 45.9. The van der Waals surface area contributed by atoms with Crippen molar-refractivity contribution in [3.8, 4) is 0 Å². The highest BCUT2D eigenvalue weighted by molar-refractivity contribution is 5.29. The summed E-state index contributed by atoms with van der Waals surface area (Å²) in [5.74, 6) is 0.927. The predicted molar refractivity (Wildman–Crippen MR) is 144 cm³/mol. The van der Waals surface area contributed by atoms with Crippen LogP contribution in [0.15, 0.2) is 72.4 Å². The highest BCUT2D eigenvalue weighted by Gasteiger charge is 2.09. The molecule has 0 unspecified atom stereocenters. The minimum Gasteiger partial charge on any atom is -0.316 e. The third kappa shape index (κ3) is 15.2. The van der Waals surface area contributed by atoms with Gasteiger partial charge in [-0.3, -0.25) is 0 Å². The summed E-state index contributed by atoms with van der Waals surface area (Å²) >= 11 is 0. The van der Waals surface area contributed by atoms with E-state index in [1.165, 1.54) is 121 Å². The van der Waals surface area contributed by atoms with E-state index in [0.717, 1.165) is 5.92 Å². The zero-order chi connectivity index (χ0) is 22.4. The first-order valence-electron chi connectivity index (χ1n) is 13.7. The third-order valence-electron chi connectivity index (χ3n) is 6.74. The molecule has 0 aromatic rings. The van der Waals surface area contributed by atoms with E-state index < -0.39 is 0 Å². The Morgan fingerprint density at radius 2 is 1.09 bits per heavy atom. The summed E-state index contributed by atoms with van der Waals surface area (Å²) in [5.41, 5.74) is 1.42. The Labute approximate surface area is 199 Å². The lowest BCUT2D eigenvalue weighted by atomic mass is 9.95. The first-order chi connectivity index (χ1) is 15.9. The standard InChI is InChI=1S/C31H49N/c1-2-6-11-17-23-30(24-18-12-7-3-1)25-19-15-10-16-22-28-32-29-31-26-20-13-8-4-5-9-14-21-27-31/h1-3,6-7,11-12,17-18,23-24,31-32H,4-5,8-10,13-16,19-22,25-29H2/b2-1?,3-1?,6-2?,7-3?,11-6+,12-7?,17-11?,18-12-,23-17-,24-18?,30-23?,30-24+. The number of rotatable bonds is 10. The van der Waals surface area contributed by atoms with Gasteiger partial charge in [-0.2, -0.15) is 0 Å². The molecular formula is C31H49N. The first-order valence-corrected chi connectivity index (χ1v) is 13.7. The normalized spacial score (nSPS) is 23.8. The Bertz CT molecular complexity index is 604. The SMILES string of the molecule is C1=C\C=C/C=C(CCCCCCCNCC2CCCCCCCCCC2)\C=C/C=C/C=C1. The topological polar surface area (TPSA) is 12.0 Å². The van der Waals surface area contributed by atoms with Crippen LogP contribution in [-0.2, 0) is 0 Å². The van der Waals surface area contributed by atoms with Crippen LogP contribution in [0, 0.1) is 5.92 Å². The van der Waals surface area contributed by atoms with E-state index in [4.69, 9.17) is 0 Å².